The van der Waals surface area contributed by atoms with Crippen molar-refractivity contribution in [2.75, 3.05) is 5.75 Å². The summed E-state index contributed by atoms with van der Waals surface area (Å²) in [4.78, 5) is 45.6. The Morgan fingerprint density at radius 2 is 1.67 bits per heavy atom. The molecule has 0 aliphatic carbocycles. The van der Waals surface area contributed by atoms with Gasteiger partial charge in [0.05, 0.1) is 0 Å². The average Bonchev–Trinajstić information content (AvgIpc) is 2.98. The van der Waals surface area contributed by atoms with Crippen molar-refractivity contribution in [3.8, 4) is 0 Å². The number of thioether (sulfide) groups is 2. The Hall–Kier alpha value is -4.02. The molecule has 2 amide bonds. The van der Waals surface area contributed by atoms with E-state index in [0.29, 0.717) is 11.3 Å². The summed E-state index contributed by atoms with van der Waals surface area (Å²) in [6.07, 6.45) is 2.17. The van der Waals surface area contributed by atoms with Gasteiger partial charge in [-0.2, -0.15) is 0 Å². The van der Waals surface area contributed by atoms with Crippen LogP contribution < -0.4 is 5.32 Å². The van der Waals surface area contributed by atoms with E-state index >= 15 is 0 Å². The van der Waals surface area contributed by atoms with Crippen molar-refractivity contribution in [1.29, 1.82) is 0 Å². The maximum Gasteiger partial charge on any atom is 0.408 e. The van der Waals surface area contributed by atoms with Gasteiger partial charge in [-0.15, -0.1) is 11.8 Å². The van der Waals surface area contributed by atoms with Gasteiger partial charge in [-0.25, -0.2) is 14.6 Å². The smallest absolute Gasteiger partial charge is 0.408 e. The molecular formula is C32H31N3O5S2. The van der Waals surface area contributed by atoms with E-state index in [1.54, 1.807) is 27.0 Å². The van der Waals surface area contributed by atoms with Gasteiger partial charge in [0.1, 0.15) is 27.7 Å². The summed E-state index contributed by atoms with van der Waals surface area (Å²) >= 11 is 2.87. The molecule has 1 N–H and O–H groups in total. The van der Waals surface area contributed by atoms with Crippen LogP contribution in [0.2, 0.25) is 0 Å². The molecule has 1 unspecified atom stereocenters. The lowest BCUT2D eigenvalue weighted by Gasteiger charge is -2.49. The van der Waals surface area contributed by atoms with Crippen molar-refractivity contribution >= 4 is 41.5 Å². The van der Waals surface area contributed by atoms with Gasteiger partial charge < -0.3 is 14.8 Å². The van der Waals surface area contributed by atoms with Crippen LogP contribution in [0.15, 0.2) is 113 Å². The first-order valence-corrected chi connectivity index (χ1v) is 15.4. The lowest BCUT2D eigenvalue weighted by Crippen LogP contribution is -2.70. The molecule has 0 spiro atoms. The number of nitrogens with one attached hydrogen (secondary N) is 1. The van der Waals surface area contributed by atoms with Gasteiger partial charge >= 0.3 is 12.1 Å². The molecule has 3 heterocycles. The molecule has 2 atom stereocenters. The standard InChI is InChI=1S/C32H31N3O5S2/c1-32(2,3)40-31(38)34-25-28(36)35-26(23(20-42-29(25)35)17-19-41-24-16-10-11-18-33-24)30(37)39-27(21-12-6-4-7-13-21)22-14-8-5-9-15-22/h4-19,25,27,29H,20H2,1-3H3,(H,34,38)/t25?,29-/m0/s1. The van der Waals surface area contributed by atoms with Crippen molar-refractivity contribution in [2.45, 2.75) is 48.9 Å². The number of ether oxygens (including phenoxy) is 2. The number of allylic oxidation sites excluding steroid dienone is 1. The number of alkyl carbamates (subject to hydrolysis) is 1. The van der Waals surface area contributed by atoms with E-state index in [1.165, 1.54) is 28.4 Å². The number of carbonyl (C=O) groups is 3. The molecule has 5 rings (SSSR count). The Labute approximate surface area is 253 Å². The Kier molecular flexibility index (Phi) is 9.03. The van der Waals surface area contributed by atoms with Crippen LogP contribution in [0.5, 0.6) is 0 Å². The third-order valence-corrected chi connectivity index (χ3v) is 8.45. The Morgan fingerprint density at radius 1 is 1.02 bits per heavy atom. The lowest BCUT2D eigenvalue weighted by molar-refractivity contribution is -0.153. The topological polar surface area (TPSA) is 97.8 Å². The highest BCUT2D eigenvalue weighted by Crippen LogP contribution is 2.42. The van der Waals surface area contributed by atoms with Gasteiger partial charge in [-0.1, -0.05) is 78.5 Å². The van der Waals surface area contributed by atoms with Crippen LogP contribution in [-0.2, 0) is 19.1 Å². The maximum absolute atomic E-state index is 14.0. The first-order chi connectivity index (χ1) is 20.2. The number of rotatable bonds is 8. The molecule has 1 saturated heterocycles. The highest BCUT2D eigenvalue weighted by molar-refractivity contribution is 8.02. The molecule has 1 aromatic heterocycles. The predicted octanol–water partition coefficient (Wildman–Crippen LogP) is 6.08. The second-order valence-corrected chi connectivity index (χ2v) is 12.6. The summed E-state index contributed by atoms with van der Waals surface area (Å²) in [6.45, 7) is 5.27. The third kappa shape index (κ3) is 6.88. The molecule has 3 aromatic rings. The number of esters is 1. The summed E-state index contributed by atoms with van der Waals surface area (Å²) in [5.74, 6) is -0.583. The van der Waals surface area contributed by atoms with Crippen LogP contribution >= 0.6 is 23.5 Å². The van der Waals surface area contributed by atoms with E-state index in [2.05, 4.69) is 10.3 Å². The van der Waals surface area contributed by atoms with Crippen LogP contribution in [-0.4, -0.2) is 50.6 Å². The molecule has 10 heteroatoms. The van der Waals surface area contributed by atoms with Crippen LogP contribution in [0.25, 0.3) is 0 Å². The fourth-order valence-electron chi connectivity index (χ4n) is 4.54. The minimum Gasteiger partial charge on any atom is -0.448 e. The van der Waals surface area contributed by atoms with Crippen molar-refractivity contribution in [2.24, 2.45) is 0 Å². The molecule has 42 heavy (non-hydrogen) atoms. The van der Waals surface area contributed by atoms with Crippen LogP contribution in [0, 0.1) is 0 Å². The summed E-state index contributed by atoms with van der Waals surface area (Å²) in [5.41, 5.74) is 1.72. The zero-order chi connectivity index (χ0) is 29.7. The summed E-state index contributed by atoms with van der Waals surface area (Å²) in [5, 5.41) is 4.85. The highest BCUT2D eigenvalue weighted by Gasteiger charge is 2.54. The molecular weight excluding hydrogens is 571 g/mol. The van der Waals surface area contributed by atoms with Crippen molar-refractivity contribution in [1.82, 2.24) is 15.2 Å². The predicted molar refractivity (Wildman–Crippen MR) is 163 cm³/mol. The molecule has 0 radical (unpaired) electrons. The number of aromatic nitrogens is 1. The number of benzene rings is 2. The van der Waals surface area contributed by atoms with E-state index in [9.17, 15) is 14.4 Å². The van der Waals surface area contributed by atoms with Gasteiger partial charge in [0.2, 0.25) is 0 Å². The summed E-state index contributed by atoms with van der Waals surface area (Å²) in [7, 11) is 0. The number of hydrogen-bond acceptors (Lipinski definition) is 8. The van der Waals surface area contributed by atoms with Crippen LogP contribution in [0.4, 0.5) is 4.79 Å². The van der Waals surface area contributed by atoms with Gasteiger partial charge in [0, 0.05) is 11.9 Å². The normalized spacial score (nSPS) is 18.5. The fourth-order valence-corrected chi connectivity index (χ4v) is 6.51. The molecule has 1 fully saturated rings. The number of β-lactam (4-membered cyclic amide) rings is 1. The van der Waals surface area contributed by atoms with Gasteiger partial charge in [-0.05, 0) is 61.1 Å². The van der Waals surface area contributed by atoms with E-state index in [1.807, 2.05) is 90.3 Å². The van der Waals surface area contributed by atoms with Gasteiger partial charge in [0.15, 0.2) is 6.10 Å². The van der Waals surface area contributed by atoms with Crippen molar-refractivity contribution in [3.05, 3.63) is 119 Å². The number of amides is 2. The molecule has 0 bridgehead atoms. The van der Waals surface area contributed by atoms with Crippen LogP contribution in [0.3, 0.4) is 0 Å². The Morgan fingerprint density at radius 3 is 2.26 bits per heavy atom. The SMILES string of the molecule is CC(C)(C)OC(=O)NC1C(=O)N2C(C(=O)OC(c3ccccc3)c3ccccc3)=C(C=CSc3ccccn3)CS[C@@H]12. The zero-order valence-electron chi connectivity index (χ0n) is 23.4. The lowest BCUT2D eigenvalue weighted by atomic mass is 10.0. The first kappa shape index (κ1) is 29.5. The molecule has 0 saturated carbocycles. The second-order valence-electron chi connectivity index (χ2n) is 10.6. The van der Waals surface area contributed by atoms with Gasteiger partial charge in [-0.3, -0.25) is 9.69 Å². The Balaban J connectivity index is 1.44. The number of hydrogen-bond donors (Lipinski definition) is 1. The monoisotopic (exact) mass is 601 g/mol. The highest BCUT2D eigenvalue weighted by atomic mass is 32.2. The third-order valence-electron chi connectivity index (χ3n) is 6.39. The molecule has 2 aliphatic heterocycles. The zero-order valence-corrected chi connectivity index (χ0v) is 25.1. The first-order valence-electron chi connectivity index (χ1n) is 13.4. The quantitative estimate of drug-likeness (QED) is 0.188. The summed E-state index contributed by atoms with van der Waals surface area (Å²) < 4.78 is 11.5. The number of pyridine rings is 1. The second kappa shape index (κ2) is 12.9. The molecule has 2 aliphatic rings. The van der Waals surface area contributed by atoms with Gasteiger partial charge in [0.25, 0.3) is 5.91 Å². The maximum atomic E-state index is 14.0. The van der Waals surface area contributed by atoms with Crippen molar-refractivity contribution < 1.29 is 23.9 Å². The van der Waals surface area contributed by atoms with Crippen LogP contribution in [0.1, 0.15) is 38.0 Å². The number of carbonyl (C=O) groups excluding carboxylic acids is 3. The van der Waals surface area contributed by atoms with E-state index in [4.69, 9.17) is 9.47 Å². The number of fused-ring (bicyclic) bond motifs is 1. The Bertz CT molecular complexity index is 1450. The van der Waals surface area contributed by atoms with E-state index < -0.39 is 41.1 Å². The van der Waals surface area contributed by atoms with E-state index in [-0.39, 0.29) is 5.70 Å². The molecule has 8 nitrogen and oxygen atoms in total. The fraction of sp³-hybridized carbons (Fsp3) is 0.250. The average molecular weight is 602 g/mol. The summed E-state index contributed by atoms with van der Waals surface area (Å²) in [6, 6.07) is 23.8. The minimum absolute atomic E-state index is 0.167. The minimum atomic E-state index is -0.819. The van der Waals surface area contributed by atoms with E-state index in [0.717, 1.165) is 16.2 Å². The number of nitrogens with zero attached hydrogens (tertiary/aromatic N) is 2. The molecule has 216 valence electrons. The van der Waals surface area contributed by atoms with Crippen molar-refractivity contribution in [3.63, 3.8) is 0 Å². The largest absolute Gasteiger partial charge is 0.448 e. The molecule has 2 aromatic carbocycles.